The highest BCUT2D eigenvalue weighted by Gasteiger charge is 2.17. The Morgan fingerprint density at radius 3 is 2.36 bits per heavy atom. The Morgan fingerprint density at radius 1 is 1.00 bits per heavy atom. The highest BCUT2D eigenvalue weighted by atomic mass is 16.1. The van der Waals surface area contributed by atoms with E-state index in [1.165, 1.54) is 0 Å². The summed E-state index contributed by atoms with van der Waals surface area (Å²) in [4.78, 5) is 13.0. The maximum atomic E-state index is 13.0. The summed E-state index contributed by atoms with van der Waals surface area (Å²) in [5.41, 5.74) is 3.07. The zero-order chi connectivity index (χ0) is 15.3. The first-order chi connectivity index (χ1) is 10.7. The van der Waals surface area contributed by atoms with Crippen LogP contribution in [0.15, 0.2) is 66.0 Å². The molecule has 0 N–H and O–H groups in total. The van der Waals surface area contributed by atoms with Crippen molar-refractivity contribution >= 4 is 32.8 Å². The van der Waals surface area contributed by atoms with Gasteiger partial charge in [0.25, 0.3) is 0 Å². The van der Waals surface area contributed by atoms with E-state index in [0.717, 1.165) is 32.8 Å². The van der Waals surface area contributed by atoms with Crippen molar-refractivity contribution in [3.8, 4) is 0 Å². The van der Waals surface area contributed by atoms with Gasteiger partial charge in [-0.15, -0.1) is 6.58 Å². The van der Waals surface area contributed by atoms with Crippen molar-refractivity contribution in [2.24, 2.45) is 7.05 Å². The molecule has 0 radical (unpaired) electrons. The molecule has 2 heterocycles. The number of aryl methyl sites for hydroxylation is 1. The van der Waals surface area contributed by atoms with E-state index in [9.17, 15) is 4.79 Å². The summed E-state index contributed by atoms with van der Waals surface area (Å²) in [6.45, 7) is 4.53. The molecule has 0 aliphatic carbocycles. The van der Waals surface area contributed by atoms with Crippen LogP contribution in [0.25, 0.3) is 32.8 Å². The molecular formula is C19H16N2O. The Balaban J connectivity index is 2.40. The maximum Gasteiger partial charge on any atom is 0.199 e. The van der Waals surface area contributed by atoms with Crippen LogP contribution in [0.2, 0.25) is 0 Å². The molecule has 0 aliphatic rings. The zero-order valence-corrected chi connectivity index (χ0v) is 12.4. The third-order valence-electron chi connectivity index (χ3n) is 4.31. The number of hydrogen-bond acceptors (Lipinski definition) is 1. The molecule has 2 aromatic carbocycles. The van der Waals surface area contributed by atoms with E-state index in [2.05, 4.69) is 21.8 Å². The summed E-state index contributed by atoms with van der Waals surface area (Å²) in [5.74, 6) is 0. The largest absolute Gasteiger partial charge is 0.330 e. The van der Waals surface area contributed by atoms with Crippen LogP contribution in [0.3, 0.4) is 0 Å². The number of benzene rings is 2. The molecule has 0 saturated carbocycles. The molecule has 0 unspecified atom stereocenters. The Morgan fingerprint density at radius 2 is 1.64 bits per heavy atom. The molecule has 2 aromatic heterocycles. The van der Waals surface area contributed by atoms with Crippen LogP contribution in [0, 0.1) is 0 Å². The van der Waals surface area contributed by atoms with E-state index in [-0.39, 0.29) is 5.43 Å². The van der Waals surface area contributed by atoms with Gasteiger partial charge in [0.2, 0.25) is 0 Å². The van der Waals surface area contributed by atoms with E-state index in [0.29, 0.717) is 6.54 Å². The van der Waals surface area contributed by atoms with Gasteiger partial charge in [0.15, 0.2) is 5.43 Å². The molecule has 0 fully saturated rings. The van der Waals surface area contributed by atoms with Gasteiger partial charge >= 0.3 is 0 Å². The molecule has 4 aromatic rings. The highest BCUT2D eigenvalue weighted by molar-refractivity contribution is 6.10. The van der Waals surface area contributed by atoms with Gasteiger partial charge in [-0.2, -0.15) is 0 Å². The molecule has 3 nitrogen and oxygen atoms in total. The molecule has 0 atom stereocenters. The lowest BCUT2D eigenvalue weighted by Gasteiger charge is -2.11. The number of hydrogen-bond donors (Lipinski definition) is 0. The predicted octanol–water partition coefficient (Wildman–Crippen LogP) is 3.83. The van der Waals surface area contributed by atoms with Gasteiger partial charge in [0.1, 0.15) is 5.65 Å². The van der Waals surface area contributed by atoms with Gasteiger partial charge in [-0.05, 0) is 18.2 Å². The monoisotopic (exact) mass is 288 g/mol. The van der Waals surface area contributed by atoms with Crippen molar-refractivity contribution in [2.45, 2.75) is 6.54 Å². The molecular weight excluding hydrogens is 272 g/mol. The van der Waals surface area contributed by atoms with Gasteiger partial charge in [-0.25, -0.2) is 0 Å². The second-order valence-corrected chi connectivity index (χ2v) is 5.52. The highest BCUT2D eigenvalue weighted by Crippen LogP contribution is 2.28. The second kappa shape index (κ2) is 4.60. The Kier molecular flexibility index (Phi) is 2.70. The molecule has 0 aliphatic heterocycles. The Labute approximate surface area is 127 Å². The normalized spacial score (nSPS) is 11.5. The fourth-order valence-corrected chi connectivity index (χ4v) is 3.38. The lowest BCUT2D eigenvalue weighted by Crippen LogP contribution is -2.10. The fraction of sp³-hybridized carbons (Fsp3) is 0.105. The minimum absolute atomic E-state index is 0.0997. The number of nitrogens with zero attached hydrogens (tertiary/aromatic N) is 2. The molecule has 108 valence electrons. The van der Waals surface area contributed by atoms with Crippen LogP contribution in [0.4, 0.5) is 0 Å². The van der Waals surface area contributed by atoms with Crippen molar-refractivity contribution in [2.75, 3.05) is 0 Å². The third kappa shape index (κ3) is 1.53. The quantitative estimate of drug-likeness (QED) is 0.515. The van der Waals surface area contributed by atoms with Crippen LogP contribution in [-0.4, -0.2) is 9.13 Å². The first-order valence-electron chi connectivity index (χ1n) is 7.33. The first-order valence-corrected chi connectivity index (χ1v) is 7.33. The van der Waals surface area contributed by atoms with Gasteiger partial charge < -0.3 is 9.13 Å². The van der Waals surface area contributed by atoms with E-state index >= 15 is 0 Å². The molecule has 0 saturated heterocycles. The van der Waals surface area contributed by atoms with Gasteiger partial charge in [-0.1, -0.05) is 36.4 Å². The number of rotatable bonds is 2. The summed E-state index contributed by atoms with van der Waals surface area (Å²) >= 11 is 0. The van der Waals surface area contributed by atoms with Crippen molar-refractivity contribution in [3.05, 3.63) is 71.4 Å². The summed E-state index contributed by atoms with van der Waals surface area (Å²) in [6.07, 6.45) is 1.87. The minimum atomic E-state index is 0.0997. The van der Waals surface area contributed by atoms with E-state index in [4.69, 9.17) is 0 Å². The standard InChI is InChI=1S/C19H16N2O/c1-3-12-21-16-11-7-4-8-13(16)17-18(22)14-9-5-6-10-15(14)20(2)19(17)21/h3-11H,1,12H2,2H3. The number of aromatic nitrogens is 2. The SMILES string of the molecule is C=CCn1c2ccccc2c2c(=O)c3ccccc3n(C)c21. The number of pyridine rings is 1. The fourth-order valence-electron chi connectivity index (χ4n) is 3.38. The van der Waals surface area contributed by atoms with Gasteiger partial charge in [-0.3, -0.25) is 4.79 Å². The lowest BCUT2D eigenvalue weighted by atomic mass is 10.1. The van der Waals surface area contributed by atoms with Crippen molar-refractivity contribution in [3.63, 3.8) is 0 Å². The van der Waals surface area contributed by atoms with E-state index < -0.39 is 0 Å². The molecule has 22 heavy (non-hydrogen) atoms. The summed E-state index contributed by atoms with van der Waals surface area (Å²) in [6, 6.07) is 15.8. The predicted molar refractivity (Wildman–Crippen MR) is 92.4 cm³/mol. The van der Waals surface area contributed by atoms with Crippen molar-refractivity contribution in [1.82, 2.24) is 9.13 Å². The summed E-state index contributed by atoms with van der Waals surface area (Å²) in [7, 11) is 2.02. The van der Waals surface area contributed by atoms with E-state index in [1.54, 1.807) is 0 Å². The van der Waals surface area contributed by atoms with Crippen LogP contribution in [0.5, 0.6) is 0 Å². The van der Waals surface area contributed by atoms with E-state index in [1.807, 2.05) is 55.6 Å². The number of para-hydroxylation sites is 2. The molecule has 3 heteroatoms. The van der Waals surface area contributed by atoms with Gasteiger partial charge in [0.05, 0.1) is 16.4 Å². The van der Waals surface area contributed by atoms with Crippen molar-refractivity contribution < 1.29 is 0 Å². The third-order valence-corrected chi connectivity index (χ3v) is 4.31. The van der Waals surface area contributed by atoms with Crippen LogP contribution in [-0.2, 0) is 13.6 Å². The first kappa shape index (κ1) is 12.9. The summed E-state index contributed by atoms with van der Waals surface area (Å²) in [5, 5.41) is 2.56. The Hall–Kier alpha value is -2.81. The van der Waals surface area contributed by atoms with Crippen LogP contribution in [0.1, 0.15) is 0 Å². The molecule has 4 rings (SSSR count). The molecule has 0 bridgehead atoms. The average molecular weight is 288 g/mol. The van der Waals surface area contributed by atoms with Crippen molar-refractivity contribution in [1.29, 1.82) is 0 Å². The second-order valence-electron chi connectivity index (χ2n) is 5.52. The van der Waals surface area contributed by atoms with Crippen LogP contribution >= 0.6 is 0 Å². The number of allylic oxidation sites excluding steroid dienone is 1. The average Bonchev–Trinajstić information content (AvgIpc) is 2.88. The topological polar surface area (TPSA) is 26.9 Å². The minimum Gasteiger partial charge on any atom is -0.330 e. The Bertz CT molecular complexity index is 1100. The lowest BCUT2D eigenvalue weighted by molar-refractivity contribution is 0.842. The molecule has 0 amide bonds. The number of fused-ring (bicyclic) bond motifs is 4. The zero-order valence-electron chi connectivity index (χ0n) is 12.4. The maximum absolute atomic E-state index is 13.0. The smallest absolute Gasteiger partial charge is 0.199 e. The summed E-state index contributed by atoms with van der Waals surface area (Å²) < 4.78 is 4.26. The van der Waals surface area contributed by atoms with Crippen LogP contribution < -0.4 is 5.43 Å². The van der Waals surface area contributed by atoms with Gasteiger partial charge in [0, 0.05) is 24.4 Å². The molecule has 0 spiro atoms.